The van der Waals surface area contributed by atoms with Gasteiger partial charge in [0.05, 0.1) is 12.3 Å². The maximum absolute atomic E-state index is 11.3. The van der Waals surface area contributed by atoms with Crippen LogP contribution in [-0.2, 0) is 14.3 Å². The van der Waals surface area contributed by atoms with Crippen LogP contribution in [0.3, 0.4) is 0 Å². The van der Waals surface area contributed by atoms with E-state index < -0.39 is 5.97 Å². The molecule has 0 aliphatic heterocycles. The number of anilines is 1. The molecular formula is C13H19NO4. The zero-order valence-corrected chi connectivity index (χ0v) is 10.6. The van der Waals surface area contributed by atoms with Crippen LogP contribution in [0.1, 0.15) is 12.8 Å². The summed E-state index contributed by atoms with van der Waals surface area (Å²) in [7, 11) is 1.64. The quantitative estimate of drug-likeness (QED) is 0.433. The maximum atomic E-state index is 11.3. The monoisotopic (exact) mass is 253 g/mol. The standard InChI is InChI=1S/C13H19NO4/c1-16-8-4-5-9-17-13(15)10-18-12-7-3-2-6-11(12)14/h2-3,6-7H,4-5,8-10,14H2,1H3. The molecule has 0 amide bonds. The van der Waals surface area contributed by atoms with Crippen molar-refractivity contribution >= 4 is 11.7 Å². The van der Waals surface area contributed by atoms with E-state index in [-0.39, 0.29) is 6.61 Å². The van der Waals surface area contributed by atoms with Crippen LogP contribution in [0.25, 0.3) is 0 Å². The summed E-state index contributed by atoms with van der Waals surface area (Å²) in [6, 6.07) is 7.02. The van der Waals surface area contributed by atoms with Crippen LogP contribution in [0.2, 0.25) is 0 Å². The van der Waals surface area contributed by atoms with E-state index in [0.717, 1.165) is 12.8 Å². The van der Waals surface area contributed by atoms with E-state index in [1.165, 1.54) is 0 Å². The highest BCUT2D eigenvalue weighted by Gasteiger charge is 2.05. The lowest BCUT2D eigenvalue weighted by Gasteiger charge is -2.08. The van der Waals surface area contributed by atoms with Crippen molar-refractivity contribution in [2.24, 2.45) is 0 Å². The summed E-state index contributed by atoms with van der Waals surface area (Å²) in [4.78, 5) is 11.3. The van der Waals surface area contributed by atoms with E-state index in [9.17, 15) is 4.79 Å². The summed E-state index contributed by atoms with van der Waals surface area (Å²) in [6.07, 6.45) is 1.66. The van der Waals surface area contributed by atoms with E-state index in [4.69, 9.17) is 19.9 Å². The predicted molar refractivity (Wildman–Crippen MR) is 68.4 cm³/mol. The van der Waals surface area contributed by atoms with Gasteiger partial charge in [-0.2, -0.15) is 0 Å². The number of benzene rings is 1. The fourth-order valence-electron chi connectivity index (χ4n) is 1.32. The number of nitrogens with two attached hydrogens (primary N) is 1. The lowest BCUT2D eigenvalue weighted by atomic mass is 10.3. The smallest absolute Gasteiger partial charge is 0.344 e. The second kappa shape index (κ2) is 8.36. The van der Waals surface area contributed by atoms with Gasteiger partial charge in [-0.3, -0.25) is 0 Å². The topological polar surface area (TPSA) is 70.8 Å². The highest BCUT2D eigenvalue weighted by atomic mass is 16.6. The van der Waals surface area contributed by atoms with Gasteiger partial charge in [-0.1, -0.05) is 12.1 Å². The first-order valence-corrected chi connectivity index (χ1v) is 5.86. The van der Waals surface area contributed by atoms with Crippen LogP contribution < -0.4 is 10.5 Å². The number of ether oxygens (including phenoxy) is 3. The summed E-state index contributed by atoms with van der Waals surface area (Å²) >= 11 is 0. The normalized spacial score (nSPS) is 10.1. The first kappa shape index (κ1) is 14.3. The van der Waals surface area contributed by atoms with Crippen LogP contribution in [0.4, 0.5) is 5.69 Å². The van der Waals surface area contributed by atoms with Crippen molar-refractivity contribution in [2.45, 2.75) is 12.8 Å². The van der Waals surface area contributed by atoms with Gasteiger partial charge in [0.15, 0.2) is 6.61 Å². The van der Waals surface area contributed by atoms with Crippen molar-refractivity contribution in [3.05, 3.63) is 24.3 Å². The van der Waals surface area contributed by atoms with Gasteiger partial charge >= 0.3 is 5.97 Å². The number of carbonyl (C=O) groups excluding carboxylic acids is 1. The third-order valence-electron chi connectivity index (χ3n) is 2.27. The van der Waals surface area contributed by atoms with Crippen LogP contribution in [0.5, 0.6) is 5.75 Å². The third-order valence-corrected chi connectivity index (χ3v) is 2.27. The van der Waals surface area contributed by atoms with Crippen molar-refractivity contribution in [1.29, 1.82) is 0 Å². The molecule has 0 aliphatic carbocycles. The van der Waals surface area contributed by atoms with Crippen LogP contribution in [-0.4, -0.2) is 32.9 Å². The summed E-state index contributed by atoms with van der Waals surface area (Å²) < 4.78 is 15.1. The Hall–Kier alpha value is -1.75. The molecule has 0 bridgehead atoms. The average molecular weight is 253 g/mol. The molecule has 18 heavy (non-hydrogen) atoms. The Kier molecular flexibility index (Phi) is 6.64. The van der Waals surface area contributed by atoms with Crippen molar-refractivity contribution in [2.75, 3.05) is 32.7 Å². The molecule has 0 fully saturated rings. The fraction of sp³-hybridized carbons (Fsp3) is 0.462. The number of rotatable bonds is 8. The number of hydrogen-bond acceptors (Lipinski definition) is 5. The molecular weight excluding hydrogens is 234 g/mol. The summed E-state index contributed by atoms with van der Waals surface area (Å²) in [5.74, 6) is 0.101. The van der Waals surface area contributed by atoms with E-state index in [2.05, 4.69) is 0 Å². The SMILES string of the molecule is COCCCCOC(=O)COc1ccccc1N. The molecule has 0 radical (unpaired) electrons. The van der Waals surface area contributed by atoms with Crippen LogP contribution in [0.15, 0.2) is 24.3 Å². The van der Waals surface area contributed by atoms with E-state index in [1.807, 2.05) is 0 Å². The van der Waals surface area contributed by atoms with Crippen molar-refractivity contribution in [1.82, 2.24) is 0 Å². The van der Waals surface area contributed by atoms with E-state index >= 15 is 0 Å². The maximum Gasteiger partial charge on any atom is 0.344 e. The summed E-state index contributed by atoms with van der Waals surface area (Å²) in [5.41, 5.74) is 6.18. The molecule has 0 spiro atoms. The Morgan fingerprint density at radius 2 is 1.94 bits per heavy atom. The molecule has 5 nitrogen and oxygen atoms in total. The number of nitrogen functional groups attached to an aromatic ring is 1. The highest BCUT2D eigenvalue weighted by molar-refractivity contribution is 5.71. The van der Waals surface area contributed by atoms with Gasteiger partial charge in [0.1, 0.15) is 5.75 Å². The lowest BCUT2D eigenvalue weighted by molar-refractivity contribution is -0.146. The fourth-order valence-corrected chi connectivity index (χ4v) is 1.32. The van der Waals surface area contributed by atoms with Crippen LogP contribution in [0, 0.1) is 0 Å². The minimum atomic E-state index is -0.393. The first-order valence-electron chi connectivity index (χ1n) is 5.86. The molecule has 0 aliphatic rings. The Morgan fingerprint density at radius 3 is 2.67 bits per heavy atom. The minimum Gasteiger partial charge on any atom is -0.480 e. The molecule has 1 aromatic carbocycles. The van der Waals surface area contributed by atoms with Gasteiger partial charge in [-0.15, -0.1) is 0 Å². The number of para-hydroxylation sites is 2. The zero-order valence-electron chi connectivity index (χ0n) is 10.6. The highest BCUT2D eigenvalue weighted by Crippen LogP contribution is 2.19. The Labute approximate surface area is 107 Å². The van der Waals surface area contributed by atoms with Gasteiger partial charge in [-0.05, 0) is 25.0 Å². The number of carbonyl (C=O) groups is 1. The minimum absolute atomic E-state index is 0.126. The van der Waals surface area contributed by atoms with E-state index in [1.54, 1.807) is 31.4 Å². The molecule has 100 valence electrons. The molecule has 0 aromatic heterocycles. The number of unbranched alkanes of at least 4 members (excludes halogenated alkanes) is 1. The number of methoxy groups -OCH3 is 1. The van der Waals surface area contributed by atoms with Crippen molar-refractivity contribution in [3.63, 3.8) is 0 Å². The van der Waals surface area contributed by atoms with E-state index in [0.29, 0.717) is 24.7 Å². The van der Waals surface area contributed by atoms with Crippen molar-refractivity contribution in [3.8, 4) is 5.75 Å². The molecule has 1 aromatic rings. The second-order valence-corrected chi connectivity index (χ2v) is 3.75. The first-order chi connectivity index (χ1) is 8.74. The molecule has 0 saturated carbocycles. The molecule has 2 N–H and O–H groups in total. The van der Waals surface area contributed by atoms with Gasteiger partial charge in [-0.25, -0.2) is 4.79 Å². The summed E-state index contributed by atoms with van der Waals surface area (Å²) in [6.45, 7) is 0.933. The van der Waals surface area contributed by atoms with Crippen LogP contribution >= 0.6 is 0 Å². The molecule has 5 heteroatoms. The summed E-state index contributed by atoms with van der Waals surface area (Å²) in [5, 5.41) is 0. The number of hydrogen-bond donors (Lipinski definition) is 1. The lowest BCUT2D eigenvalue weighted by Crippen LogP contribution is -2.16. The Balaban J connectivity index is 2.15. The van der Waals surface area contributed by atoms with Crippen molar-refractivity contribution < 1.29 is 19.0 Å². The predicted octanol–water partition coefficient (Wildman–Crippen LogP) is 1.62. The largest absolute Gasteiger partial charge is 0.480 e. The third kappa shape index (κ3) is 5.54. The van der Waals surface area contributed by atoms with Gasteiger partial charge in [0.25, 0.3) is 0 Å². The Morgan fingerprint density at radius 1 is 1.22 bits per heavy atom. The molecule has 0 saturated heterocycles. The van der Waals surface area contributed by atoms with Gasteiger partial charge in [0, 0.05) is 13.7 Å². The molecule has 1 rings (SSSR count). The molecule has 0 atom stereocenters. The van der Waals surface area contributed by atoms with Gasteiger partial charge in [0.2, 0.25) is 0 Å². The second-order valence-electron chi connectivity index (χ2n) is 3.75. The zero-order chi connectivity index (χ0) is 13.2. The number of esters is 1. The average Bonchev–Trinajstić information content (AvgIpc) is 2.37. The molecule has 0 unspecified atom stereocenters. The molecule has 0 heterocycles. The van der Waals surface area contributed by atoms with Gasteiger partial charge < -0.3 is 19.9 Å². The Bertz CT molecular complexity index is 368.